The van der Waals surface area contributed by atoms with Gasteiger partial charge >= 0.3 is 12.1 Å². The van der Waals surface area contributed by atoms with Crippen molar-refractivity contribution in [3.05, 3.63) is 89.5 Å². The van der Waals surface area contributed by atoms with Gasteiger partial charge in [0, 0.05) is 5.56 Å². The zero-order chi connectivity index (χ0) is 25.1. The van der Waals surface area contributed by atoms with E-state index in [-0.39, 0.29) is 5.84 Å². The van der Waals surface area contributed by atoms with E-state index in [1.807, 2.05) is 61.5 Å². The maximum absolute atomic E-state index is 12.6. The molecule has 1 aliphatic rings. The number of hydroxylamine groups is 1. The van der Waals surface area contributed by atoms with Gasteiger partial charge in [-0.1, -0.05) is 60.7 Å². The fourth-order valence-electron chi connectivity index (χ4n) is 4.18. The molecule has 0 amide bonds. The normalized spacial score (nSPS) is 17.2. The Morgan fingerprint density at radius 3 is 2.49 bits per heavy atom. The Bertz CT molecular complexity index is 1260. The lowest BCUT2D eigenvalue weighted by Crippen LogP contribution is -2.41. The number of halogens is 3. The Balaban J connectivity index is 1.53. The number of fused-ring (bicyclic) bond motifs is 1. The van der Waals surface area contributed by atoms with Gasteiger partial charge in [-0.2, -0.15) is 18.7 Å². The molecule has 4 rings (SSSR count). The van der Waals surface area contributed by atoms with Gasteiger partial charge in [0.25, 0.3) is 0 Å². The lowest BCUT2D eigenvalue weighted by Gasteiger charge is -2.32. The molecule has 5 nitrogen and oxygen atoms in total. The van der Waals surface area contributed by atoms with Crippen LogP contribution >= 0.6 is 0 Å². The second-order valence-electron chi connectivity index (χ2n) is 8.71. The number of carbonyl (C=O) groups excluding carboxylic acids is 1. The topological polar surface area (TPSA) is 59.9 Å². The number of benzene rings is 3. The van der Waals surface area contributed by atoms with Crippen LogP contribution in [0.3, 0.4) is 0 Å². The van der Waals surface area contributed by atoms with Crippen LogP contribution in [0, 0.1) is 0 Å². The minimum atomic E-state index is -5.10. The van der Waals surface area contributed by atoms with Crippen molar-refractivity contribution in [1.29, 1.82) is 0 Å². The Kier molecular flexibility index (Phi) is 6.82. The zero-order valence-corrected chi connectivity index (χ0v) is 19.4. The van der Waals surface area contributed by atoms with E-state index in [0.29, 0.717) is 24.8 Å². The van der Waals surface area contributed by atoms with Gasteiger partial charge < -0.3 is 9.57 Å². The molecular weight excluding hydrogens is 457 g/mol. The van der Waals surface area contributed by atoms with Crippen LogP contribution in [0.2, 0.25) is 0 Å². The van der Waals surface area contributed by atoms with Crippen LogP contribution in [0.5, 0.6) is 5.75 Å². The number of alkyl halides is 3. The third kappa shape index (κ3) is 5.82. The van der Waals surface area contributed by atoms with Crippen molar-refractivity contribution in [3.8, 4) is 16.9 Å². The van der Waals surface area contributed by atoms with Crippen LogP contribution in [-0.2, 0) is 22.5 Å². The van der Waals surface area contributed by atoms with Crippen molar-refractivity contribution in [2.24, 2.45) is 4.99 Å². The van der Waals surface area contributed by atoms with Crippen molar-refractivity contribution in [1.82, 2.24) is 5.48 Å². The number of nitrogens with zero attached hydrogens (tertiary/aromatic N) is 1. The highest BCUT2D eigenvalue weighted by Gasteiger charge is 2.42. The summed E-state index contributed by atoms with van der Waals surface area (Å²) in [7, 11) is 1.63. The molecule has 0 radical (unpaired) electrons. The number of hydrogen-bond acceptors (Lipinski definition) is 5. The summed E-state index contributed by atoms with van der Waals surface area (Å²) >= 11 is 0. The van der Waals surface area contributed by atoms with E-state index < -0.39 is 17.7 Å². The molecule has 3 aromatic carbocycles. The molecule has 0 aromatic heterocycles. The monoisotopic (exact) mass is 482 g/mol. The number of nitrogens with one attached hydrogen (secondary N) is 1. The molecule has 0 spiro atoms. The molecule has 3 aromatic rings. The van der Waals surface area contributed by atoms with Gasteiger partial charge in [0.1, 0.15) is 5.75 Å². The highest BCUT2D eigenvalue weighted by Crippen LogP contribution is 2.32. The molecule has 1 atom stereocenters. The van der Waals surface area contributed by atoms with E-state index in [9.17, 15) is 18.0 Å². The summed E-state index contributed by atoms with van der Waals surface area (Å²) in [6.07, 6.45) is -3.15. The van der Waals surface area contributed by atoms with Gasteiger partial charge in [-0.25, -0.2) is 4.79 Å². The van der Waals surface area contributed by atoms with Crippen LogP contribution in [0.25, 0.3) is 11.1 Å². The van der Waals surface area contributed by atoms with Crippen molar-refractivity contribution in [2.45, 2.75) is 37.9 Å². The maximum Gasteiger partial charge on any atom is 0.493 e. The molecule has 0 aliphatic carbocycles. The molecule has 1 heterocycles. The molecule has 0 saturated carbocycles. The number of ether oxygens (including phenoxy) is 1. The van der Waals surface area contributed by atoms with Crippen LogP contribution in [0.15, 0.2) is 77.8 Å². The standard InChI is InChI=1S/C27H25F3N2O3/c1-26(14-13-18-7-5-9-19(15-18)20-10-6-11-22(16-20)34-2)17-21-8-3-4-12-23(21)24(31-26)32-35-25(33)27(28,29)30/h3-12,15-16H,13-14,17H2,1-2H3,(H,31,32). The van der Waals surface area contributed by atoms with Crippen LogP contribution < -0.4 is 10.2 Å². The predicted molar refractivity (Wildman–Crippen MR) is 127 cm³/mol. The highest BCUT2D eigenvalue weighted by molar-refractivity contribution is 6.01. The fraction of sp³-hybridized carbons (Fsp3) is 0.259. The van der Waals surface area contributed by atoms with Crippen molar-refractivity contribution < 1.29 is 27.5 Å². The second kappa shape index (κ2) is 9.82. The molecule has 1 aliphatic heterocycles. The fourth-order valence-corrected chi connectivity index (χ4v) is 4.18. The van der Waals surface area contributed by atoms with Crippen molar-refractivity contribution in [2.75, 3.05) is 7.11 Å². The molecular formula is C27H25F3N2O3. The van der Waals surface area contributed by atoms with Gasteiger partial charge in [0.05, 0.1) is 12.6 Å². The van der Waals surface area contributed by atoms with Crippen molar-refractivity contribution in [3.63, 3.8) is 0 Å². The Morgan fingerprint density at radius 2 is 1.74 bits per heavy atom. The molecule has 0 fully saturated rings. The first kappa shape index (κ1) is 24.3. The summed E-state index contributed by atoms with van der Waals surface area (Å²) in [6, 6.07) is 23.3. The second-order valence-corrected chi connectivity index (χ2v) is 8.71. The van der Waals surface area contributed by atoms with Gasteiger partial charge in [0.2, 0.25) is 0 Å². The Hall–Kier alpha value is -3.81. The third-order valence-electron chi connectivity index (χ3n) is 5.98. The average molecular weight is 483 g/mol. The number of amidine groups is 1. The van der Waals surface area contributed by atoms with Gasteiger partial charge in [-0.05, 0) is 60.6 Å². The van der Waals surface area contributed by atoms with E-state index in [1.54, 1.807) is 19.2 Å². The van der Waals surface area contributed by atoms with Crippen LogP contribution in [0.1, 0.15) is 30.0 Å². The van der Waals surface area contributed by atoms with E-state index in [0.717, 1.165) is 28.0 Å². The quantitative estimate of drug-likeness (QED) is 0.477. The molecule has 1 N–H and O–H groups in total. The third-order valence-corrected chi connectivity index (χ3v) is 5.98. The van der Waals surface area contributed by atoms with Gasteiger partial charge in [0.15, 0.2) is 5.84 Å². The largest absolute Gasteiger partial charge is 0.497 e. The number of aliphatic imine (C=N–C) groups is 1. The zero-order valence-electron chi connectivity index (χ0n) is 19.4. The summed E-state index contributed by atoms with van der Waals surface area (Å²) in [5.41, 5.74) is 6.28. The van der Waals surface area contributed by atoms with Crippen LogP contribution in [0.4, 0.5) is 13.2 Å². The number of hydrogen-bond donors (Lipinski definition) is 1. The summed E-state index contributed by atoms with van der Waals surface area (Å²) in [6.45, 7) is 1.95. The minimum absolute atomic E-state index is 0.108. The molecule has 35 heavy (non-hydrogen) atoms. The van der Waals surface area contributed by atoms with E-state index in [4.69, 9.17) is 4.74 Å². The summed E-state index contributed by atoms with van der Waals surface area (Å²) < 4.78 is 43.1. The molecule has 1 unspecified atom stereocenters. The summed E-state index contributed by atoms with van der Waals surface area (Å²) in [5, 5.41) is 0. The number of rotatable bonds is 5. The first-order chi connectivity index (χ1) is 16.7. The first-order valence-electron chi connectivity index (χ1n) is 11.1. The molecule has 0 saturated heterocycles. The molecule has 182 valence electrons. The number of carbonyl (C=O) groups is 1. The average Bonchev–Trinajstić information content (AvgIpc) is 2.85. The van der Waals surface area contributed by atoms with Gasteiger partial charge in [-0.3, -0.25) is 4.99 Å². The van der Waals surface area contributed by atoms with Gasteiger partial charge in [-0.15, -0.1) is 0 Å². The number of aryl methyl sites for hydroxylation is 1. The maximum atomic E-state index is 12.6. The predicted octanol–water partition coefficient (Wildman–Crippen LogP) is 5.67. The van der Waals surface area contributed by atoms with E-state index in [1.165, 1.54) is 0 Å². The first-order valence-corrected chi connectivity index (χ1v) is 11.1. The Morgan fingerprint density at radius 1 is 1.03 bits per heavy atom. The minimum Gasteiger partial charge on any atom is -0.497 e. The summed E-state index contributed by atoms with van der Waals surface area (Å²) in [5.74, 6) is -1.43. The Labute approximate surface area is 201 Å². The molecule has 0 bridgehead atoms. The van der Waals surface area contributed by atoms with Crippen LogP contribution in [-0.4, -0.2) is 30.6 Å². The summed E-state index contributed by atoms with van der Waals surface area (Å²) in [4.78, 5) is 20.2. The number of methoxy groups -OCH3 is 1. The highest BCUT2D eigenvalue weighted by atomic mass is 19.4. The lowest BCUT2D eigenvalue weighted by atomic mass is 9.83. The lowest BCUT2D eigenvalue weighted by molar-refractivity contribution is -0.203. The SMILES string of the molecule is COc1cccc(-c2cccc(CCC3(C)Cc4ccccc4C(NOC(=O)C(F)(F)F)=N3)c2)c1. The van der Waals surface area contributed by atoms with E-state index >= 15 is 0 Å². The van der Waals surface area contributed by atoms with E-state index in [2.05, 4.69) is 21.4 Å². The van der Waals surface area contributed by atoms with Crippen molar-refractivity contribution >= 4 is 11.8 Å². The molecule has 8 heteroatoms. The smallest absolute Gasteiger partial charge is 0.493 e.